The van der Waals surface area contributed by atoms with E-state index < -0.39 is 0 Å². The maximum absolute atomic E-state index is 12.5. The number of hydrogen-bond donors (Lipinski definition) is 0. The first-order chi connectivity index (χ1) is 7.71. The maximum Gasteiger partial charge on any atom is 0.237 e. The van der Waals surface area contributed by atoms with E-state index in [9.17, 15) is 4.79 Å². The van der Waals surface area contributed by atoms with Gasteiger partial charge in [-0.15, -0.1) is 0 Å². The highest BCUT2D eigenvalue weighted by molar-refractivity contribution is 6.07. The van der Waals surface area contributed by atoms with Crippen molar-refractivity contribution in [1.82, 2.24) is 4.98 Å². The van der Waals surface area contributed by atoms with Gasteiger partial charge >= 0.3 is 0 Å². The summed E-state index contributed by atoms with van der Waals surface area (Å²) in [6.45, 7) is 6.91. The standard InChI is InChI=1S/C13H18N2O/c1-4-13(5-2)10-9-14-8-7-11(10)15(6-3)12(13)16/h7-9H,4-6H2,1-3H3. The van der Waals surface area contributed by atoms with Crippen LogP contribution in [0.1, 0.15) is 39.2 Å². The van der Waals surface area contributed by atoms with Crippen molar-refractivity contribution in [3.8, 4) is 0 Å². The van der Waals surface area contributed by atoms with Crippen molar-refractivity contribution in [2.75, 3.05) is 11.4 Å². The Balaban J connectivity index is 2.63. The number of pyridine rings is 1. The van der Waals surface area contributed by atoms with Crippen molar-refractivity contribution in [2.24, 2.45) is 0 Å². The highest BCUT2D eigenvalue weighted by Crippen LogP contribution is 2.45. The molecule has 0 unspecified atom stereocenters. The quantitative estimate of drug-likeness (QED) is 0.781. The largest absolute Gasteiger partial charge is 0.312 e. The van der Waals surface area contributed by atoms with Crippen LogP contribution in [-0.4, -0.2) is 17.4 Å². The number of fused-ring (bicyclic) bond motifs is 1. The third kappa shape index (κ3) is 1.20. The Kier molecular flexibility index (Phi) is 2.70. The van der Waals surface area contributed by atoms with Crippen LogP contribution in [0.5, 0.6) is 0 Å². The summed E-state index contributed by atoms with van der Waals surface area (Å²) in [7, 11) is 0. The van der Waals surface area contributed by atoms with Crippen LogP contribution >= 0.6 is 0 Å². The van der Waals surface area contributed by atoms with Crippen LogP contribution in [0.3, 0.4) is 0 Å². The smallest absolute Gasteiger partial charge is 0.237 e. The van der Waals surface area contributed by atoms with Gasteiger partial charge in [-0.3, -0.25) is 9.78 Å². The molecule has 0 bridgehead atoms. The molecule has 1 amide bonds. The van der Waals surface area contributed by atoms with Gasteiger partial charge in [-0.1, -0.05) is 13.8 Å². The molecule has 86 valence electrons. The second-order valence-electron chi connectivity index (χ2n) is 4.23. The lowest BCUT2D eigenvalue weighted by Gasteiger charge is -2.25. The summed E-state index contributed by atoms with van der Waals surface area (Å²) in [5.41, 5.74) is 1.82. The maximum atomic E-state index is 12.5. The number of anilines is 1. The van der Waals surface area contributed by atoms with Gasteiger partial charge in [0, 0.05) is 24.5 Å². The summed E-state index contributed by atoms with van der Waals surface area (Å²) in [6.07, 6.45) is 5.31. The molecule has 0 saturated carbocycles. The molecule has 0 aromatic carbocycles. The topological polar surface area (TPSA) is 33.2 Å². The van der Waals surface area contributed by atoms with Gasteiger partial charge in [0.25, 0.3) is 0 Å². The fourth-order valence-electron chi connectivity index (χ4n) is 2.72. The van der Waals surface area contributed by atoms with Gasteiger partial charge in [0.15, 0.2) is 0 Å². The Morgan fingerprint density at radius 3 is 2.56 bits per heavy atom. The first kappa shape index (κ1) is 11.1. The molecule has 1 aromatic rings. The molecule has 0 N–H and O–H groups in total. The van der Waals surface area contributed by atoms with Gasteiger partial charge in [0.2, 0.25) is 5.91 Å². The first-order valence-electron chi connectivity index (χ1n) is 5.97. The third-order valence-electron chi connectivity index (χ3n) is 3.78. The van der Waals surface area contributed by atoms with Gasteiger partial charge in [-0.2, -0.15) is 0 Å². The van der Waals surface area contributed by atoms with Crippen LogP contribution in [0, 0.1) is 0 Å². The normalized spacial score (nSPS) is 17.7. The van der Waals surface area contributed by atoms with Crippen molar-refractivity contribution in [3.63, 3.8) is 0 Å². The Morgan fingerprint density at radius 2 is 2.00 bits per heavy atom. The minimum Gasteiger partial charge on any atom is -0.312 e. The van der Waals surface area contributed by atoms with E-state index in [2.05, 4.69) is 18.8 Å². The lowest BCUT2D eigenvalue weighted by molar-refractivity contribution is -0.123. The summed E-state index contributed by atoms with van der Waals surface area (Å²) in [4.78, 5) is 18.5. The second-order valence-corrected chi connectivity index (χ2v) is 4.23. The monoisotopic (exact) mass is 218 g/mol. The van der Waals surface area contributed by atoms with E-state index in [0.717, 1.165) is 30.6 Å². The molecule has 0 radical (unpaired) electrons. The lowest BCUT2D eigenvalue weighted by atomic mass is 9.77. The fourth-order valence-corrected chi connectivity index (χ4v) is 2.72. The number of rotatable bonds is 3. The van der Waals surface area contributed by atoms with Gasteiger partial charge < -0.3 is 4.90 Å². The molecule has 16 heavy (non-hydrogen) atoms. The average molecular weight is 218 g/mol. The Morgan fingerprint density at radius 1 is 1.31 bits per heavy atom. The number of amides is 1. The predicted octanol–water partition coefficient (Wildman–Crippen LogP) is 2.51. The molecule has 0 saturated heterocycles. The van der Waals surface area contributed by atoms with Crippen LogP contribution in [0.2, 0.25) is 0 Å². The van der Waals surface area contributed by atoms with Crippen molar-refractivity contribution in [1.29, 1.82) is 0 Å². The molecule has 3 heteroatoms. The molecule has 2 heterocycles. The van der Waals surface area contributed by atoms with Gasteiger partial charge in [-0.05, 0) is 25.8 Å². The summed E-state index contributed by atoms with van der Waals surface area (Å²) < 4.78 is 0. The summed E-state index contributed by atoms with van der Waals surface area (Å²) in [5.74, 6) is 0.239. The minimum atomic E-state index is -0.334. The van der Waals surface area contributed by atoms with E-state index in [1.807, 2.05) is 24.1 Å². The molecule has 0 aliphatic carbocycles. The van der Waals surface area contributed by atoms with Crippen LogP contribution in [0.4, 0.5) is 5.69 Å². The number of hydrogen-bond acceptors (Lipinski definition) is 2. The zero-order valence-electron chi connectivity index (χ0n) is 10.2. The van der Waals surface area contributed by atoms with Crippen LogP contribution in [0.25, 0.3) is 0 Å². The molecule has 0 fully saturated rings. The zero-order valence-corrected chi connectivity index (χ0v) is 10.2. The number of likely N-dealkylation sites (N-methyl/N-ethyl adjacent to an activating group) is 1. The van der Waals surface area contributed by atoms with E-state index >= 15 is 0 Å². The van der Waals surface area contributed by atoms with Gasteiger partial charge in [-0.25, -0.2) is 0 Å². The lowest BCUT2D eigenvalue weighted by Crippen LogP contribution is -2.39. The number of aromatic nitrogens is 1. The molecule has 2 rings (SSSR count). The molecule has 1 aliphatic rings. The van der Waals surface area contributed by atoms with E-state index in [4.69, 9.17) is 0 Å². The molecule has 0 spiro atoms. The van der Waals surface area contributed by atoms with Crippen LogP contribution in [0.15, 0.2) is 18.5 Å². The Bertz CT molecular complexity index is 410. The third-order valence-corrected chi connectivity index (χ3v) is 3.78. The zero-order chi connectivity index (χ0) is 11.8. The summed E-state index contributed by atoms with van der Waals surface area (Å²) >= 11 is 0. The molecule has 1 aromatic heterocycles. The predicted molar refractivity (Wildman–Crippen MR) is 64.5 cm³/mol. The Labute approximate surface area is 96.5 Å². The molecule has 1 aliphatic heterocycles. The van der Waals surface area contributed by atoms with E-state index in [1.165, 1.54) is 0 Å². The summed E-state index contributed by atoms with van der Waals surface area (Å²) in [5, 5.41) is 0. The second kappa shape index (κ2) is 3.89. The number of carbonyl (C=O) groups is 1. The number of nitrogens with zero attached hydrogens (tertiary/aromatic N) is 2. The number of carbonyl (C=O) groups excluding carboxylic acids is 1. The highest BCUT2D eigenvalue weighted by Gasteiger charge is 2.47. The van der Waals surface area contributed by atoms with Crippen molar-refractivity contribution < 1.29 is 4.79 Å². The molecular formula is C13H18N2O. The van der Waals surface area contributed by atoms with Gasteiger partial charge in [0.1, 0.15) is 0 Å². The van der Waals surface area contributed by atoms with Crippen molar-refractivity contribution in [2.45, 2.75) is 39.0 Å². The molecular weight excluding hydrogens is 200 g/mol. The molecule has 3 nitrogen and oxygen atoms in total. The van der Waals surface area contributed by atoms with Crippen LogP contribution < -0.4 is 4.90 Å². The van der Waals surface area contributed by atoms with Gasteiger partial charge in [0.05, 0.1) is 11.1 Å². The van der Waals surface area contributed by atoms with E-state index in [-0.39, 0.29) is 11.3 Å². The van der Waals surface area contributed by atoms with Crippen LogP contribution in [-0.2, 0) is 10.2 Å². The van der Waals surface area contributed by atoms with E-state index in [1.54, 1.807) is 6.20 Å². The fraction of sp³-hybridized carbons (Fsp3) is 0.538. The summed E-state index contributed by atoms with van der Waals surface area (Å²) in [6, 6.07) is 1.95. The van der Waals surface area contributed by atoms with Crippen molar-refractivity contribution >= 4 is 11.6 Å². The highest BCUT2D eigenvalue weighted by atomic mass is 16.2. The Hall–Kier alpha value is -1.38. The minimum absolute atomic E-state index is 0.239. The van der Waals surface area contributed by atoms with Crippen molar-refractivity contribution in [3.05, 3.63) is 24.0 Å². The first-order valence-corrected chi connectivity index (χ1v) is 5.97. The van der Waals surface area contributed by atoms with E-state index in [0.29, 0.717) is 0 Å². The average Bonchev–Trinajstić information content (AvgIpc) is 2.58. The SMILES string of the molecule is CCN1C(=O)C(CC)(CC)c2cnccc21. The molecule has 0 atom stereocenters.